The SMILES string of the molecule is COc1ccccc1-c1cc(C(=O)Nc2cc3ccc(OC4CCC(OC)C(C)(C)O4)c(C)c3oc2=O)ccc1OC. The van der Waals surface area contributed by atoms with Crippen molar-refractivity contribution in [2.75, 3.05) is 26.6 Å². The Kier molecular flexibility index (Phi) is 8.24. The zero-order valence-electron chi connectivity index (χ0n) is 24.6. The molecule has 9 nitrogen and oxygen atoms in total. The summed E-state index contributed by atoms with van der Waals surface area (Å²) in [6.07, 6.45) is 0.983. The molecule has 1 N–H and O–H groups in total. The highest BCUT2D eigenvalue weighted by atomic mass is 16.7. The summed E-state index contributed by atoms with van der Waals surface area (Å²) in [7, 11) is 4.82. The molecule has 0 saturated carbocycles. The molecule has 1 aromatic heterocycles. The molecule has 2 unspecified atom stereocenters. The third-order valence-electron chi connectivity index (χ3n) is 7.63. The van der Waals surface area contributed by atoms with Gasteiger partial charge in [-0.15, -0.1) is 0 Å². The van der Waals surface area contributed by atoms with Crippen molar-refractivity contribution in [1.82, 2.24) is 0 Å². The number of aryl methyl sites for hydroxylation is 1. The van der Waals surface area contributed by atoms with E-state index in [0.29, 0.717) is 51.3 Å². The quantitative estimate of drug-likeness (QED) is 0.243. The Morgan fingerprint density at radius 3 is 2.33 bits per heavy atom. The molecule has 1 saturated heterocycles. The average molecular weight is 574 g/mol. The lowest BCUT2D eigenvalue weighted by molar-refractivity contribution is -0.233. The molecule has 5 rings (SSSR count). The van der Waals surface area contributed by atoms with Gasteiger partial charge in [0.05, 0.1) is 25.9 Å². The standard InChI is InChI=1S/C33H35NO8/c1-19-25(40-29-16-15-28(39-6)33(2,3)42-29)13-11-20-18-24(32(36)41-30(19)20)34-31(35)21-12-14-27(38-5)23(17-21)22-9-7-8-10-26(22)37-4/h7-14,17-18,28-29H,15-16H2,1-6H3,(H,34,35). The van der Waals surface area contributed by atoms with Crippen LogP contribution in [0.3, 0.4) is 0 Å². The molecule has 9 heteroatoms. The minimum absolute atomic E-state index is 0.0209. The first-order chi connectivity index (χ1) is 20.1. The van der Waals surface area contributed by atoms with Crippen LogP contribution in [0.25, 0.3) is 22.1 Å². The van der Waals surface area contributed by atoms with Crippen molar-refractivity contribution in [1.29, 1.82) is 0 Å². The van der Waals surface area contributed by atoms with Crippen LogP contribution in [0, 0.1) is 6.92 Å². The highest BCUT2D eigenvalue weighted by Crippen LogP contribution is 2.37. The summed E-state index contributed by atoms with van der Waals surface area (Å²) in [6.45, 7) is 5.77. The predicted octanol–water partition coefficient (Wildman–Crippen LogP) is 6.35. The maximum atomic E-state index is 13.3. The number of anilines is 1. The van der Waals surface area contributed by atoms with Crippen LogP contribution >= 0.6 is 0 Å². The van der Waals surface area contributed by atoms with Gasteiger partial charge in [0, 0.05) is 41.2 Å². The van der Waals surface area contributed by atoms with Crippen molar-refractivity contribution in [2.24, 2.45) is 0 Å². The van der Waals surface area contributed by atoms with E-state index in [4.69, 9.17) is 28.1 Å². The molecule has 220 valence electrons. The van der Waals surface area contributed by atoms with Crippen LogP contribution in [0.1, 0.15) is 42.6 Å². The van der Waals surface area contributed by atoms with Gasteiger partial charge < -0.3 is 33.4 Å². The topological polar surface area (TPSA) is 105 Å². The molecule has 0 spiro atoms. The molecule has 42 heavy (non-hydrogen) atoms. The second-order valence-corrected chi connectivity index (χ2v) is 10.7. The minimum atomic E-state index is -0.674. The lowest BCUT2D eigenvalue weighted by Crippen LogP contribution is -2.49. The highest BCUT2D eigenvalue weighted by Gasteiger charge is 2.39. The number of carbonyl (C=O) groups excluding carboxylic acids is 1. The van der Waals surface area contributed by atoms with Crippen LogP contribution in [0.4, 0.5) is 5.69 Å². The smallest absolute Gasteiger partial charge is 0.360 e. The Labute approximate surface area is 244 Å². The molecule has 2 heterocycles. The Hall–Kier alpha value is -4.34. The first kappa shape index (κ1) is 29.2. The number of methoxy groups -OCH3 is 3. The lowest BCUT2D eigenvalue weighted by Gasteiger charge is -2.41. The van der Waals surface area contributed by atoms with Crippen LogP contribution in [-0.2, 0) is 9.47 Å². The number of benzene rings is 3. The molecule has 1 fully saturated rings. The Bertz CT molecular complexity index is 1670. The molecular formula is C33H35NO8. The van der Waals surface area contributed by atoms with Crippen LogP contribution in [0.5, 0.6) is 17.2 Å². The molecule has 4 aromatic rings. The van der Waals surface area contributed by atoms with E-state index in [1.807, 2.05) is 51.1 Å². The van der Waals surface area contributed by atoms with Crippen LogP contribution in [0.2, 0.25) is 0 Å². The van der Waals surface area contributed by atoms with Gasteiger partial charge in [-0.2, -0.15) is 0 Å². The fourth-order valence-electron chi connectivity index (χ4n) is 5.38. The molecule has 0 radical (unpaired) electrons. The largest absolute Gasteiger partial charge is 0.496 e. The third-order valence-corrected chi connectivity index (χ3v) is 7.63. The number of para-hydroxylation sites is 1. The molecule has 1 aliphatic rings. The summed E-state index contributed by atoms with van der Waals surface area (Å²) in [5, 5.41) is 3.34. The van der Waals surface area contributed by atoms with Crippen molar-refractivity contribution in [3.05, 3.63) is 82.2 Å². The van der Waals surface area contributed by atoms with Crippen LogP contribution in [0.15, 0.2) is 69.9 Å². The van der Waals surface area contributed by atoms with Gasteiger partial charge in [-0.3, -0.25) is 4.79 Å². The number of nitrogens with one attached hydrogen (secondary N) is 1. The summed E-state index contributed by atoms with van der Waals surface area (Å²) >= 11 is 0. The number of carbonyl (C=O) groups is 1. The van der Waals surface area contributed by atoms with Gasteiger partial charge in [0.2, 0.25) is 6.29 Å². The van der Waals surface area contributed by atoms with E-state index in [1.165, 1.54) is 0 Å². The molecule has 3 aromatic carbocycles. The zero-order chi connectivity index (χ0) is 30.0. The summed E-state index contributed by atoms with van der Waals surface area (Å²) in [4.78, 5) is 26.3. The van der Waals surface area contributed by atoms with Crippen LogP contribution < -0.4 is 25.2 Å². The maximum Gasteiger partial charge on any atom is 0.360 e. The number of hydrogen-bond acceptors (Lipinski definition) is 8. The number of fused-ring (bicyclic) bond motifs is 1. The van der Waals surface area contributed by atoms with E-state index in [2.05, 4.69) is 5.32 Å². The van der Waals surface area contributed by atoms with E-state index < -0.39 is 23.4 Å². The van der Waals surface area contributed by atoms with Gasteiger partial charge in [-0.05, 0) is 69.7 Å². The van der Waals surface area contributed by atoms with Gasteiger partial charge in [0.15, 0.2) is 0 Å². The van der Waals surface area contributed by atoms with Gasteiger partial charge >= 0.3 is 5.63 Å². The Morgan fingerprint density at radius 2 is 1.62 bits per heavy atom. The van der Waals surface area contributed by atoms with Gasteiger partial charge in [0.25, 0.3) is 5.91 Å². The third kappa shape index (κ3) is 5.70. The molecule has 1 aliphatic heterocycles. The number of hydrogen-bond donors (Lipinski definition) is 1. The second-order valence-electron chi connectivity index (χ2n) is 10.7. The predicted molar refractivity (Wildman–Crippen MR) is 160 cm³/mol. The monoisotopic (exact) mass is 573 g/mol. The first-order valence-corrected chi connectivity index (χ1v) is 13.7. The summed E-state index contributed by atoms with van der Waals surface area (Å²) in [5.41, 5.74) is 1.68. The van der Waals surface area contributed by atoms with Crippen molar-refractivity contribution in [3.63, 3.8) is 0 Å². The molecule has 1 amide bonds. The lowest BCUT2D eigenvalue weighted by atomic mass is 9.94. The molecule has 0 bridgehead atoms. The van der Waals surface area contributed by atoms with Gasteiger partial charge in [-0.1, -0.05) is 18.2 Å². The fraction of sp³-hybridized carbons (Fsp3) is 0.333. The van der Waals surface area contributed by atoms with Crippen molar-refractivity contribution in [2.45, 2.75) is 51.6 Å². The highest BCUT2D eigenvalue weighted by molar-refractivity contribution is 6.06. The maximum absolute atomic E-state index is 13.3. The van der Waals surface area contributed by atoms with E-state index in [-0.39, 0.29) is 11.8 Å². The Morgan fingerprint density at radius 1 is 0.905 bits per heavy atom. The zero-order valence-corrected chi connectivity index (χ0v) is 24.6. The van der Waals surface area contributed by atoms with E-state index in [0.717, 1.165) is 12.0 Å². The number of rotatable bonds is 8. The first-order valence-electron chi connectivity index (χ1n) is 13.7. The van der Waals surface area contributed by atoms with E-state index >= 15 is 0 Å². The van der Waals surface area contributed by atoms with Crippen molar-refractivity contribution < 1.29 is 32.9 Å². The van der Waals surface area contributed by atoms with Crippen molar-refractivity contribution in [3.8, 4) is 28.4 Å². The number of ether oxygens (including phenoxy) is 5. The van der Waals surface area contributed by atoms with Crippen molar-refractivity contribution >= 4 is 22.6 Å². The van der Waals surface area contributed by atoms with Gasteiger partial charge in [0.1, 0.15) is 28.5 Å². The molecule has 2 atom stereocenters. The number of amides is 1. The molecular weight excluding hydrogens is 538 g/mol. The van der Waals surface area contributed by atoms with E-state index in [1.54, 1.807) is 51.7 Å². The minimum Gasteiger partial charge on any atom is -0.496 e. The van der Waals surface area contributed by atoms with Gasteiger partial charge in [-0.25, -0.2) is 4.79 Å². The Balaban J connectivity index is 1.39. The van der Waals surface area contributed by atoms with E-state index in [9.17, 15) is 9.59 Å². The summed E-state index contributed by atoms with van der Waals surface area (Å²) < 4.78 is 34.6. The second kappa shape index (κ2) is 11.9. The molecule has 0 aliphatic carbocycles. The normalized spacial score (nSPS) is 18.0. The average Bonchev–Trinajstić information content (AvgIpc) is 2.98. The summed E-state index contributed by atoms with van der Waals surface area (Å²) in [6, 6.07) is 17.7. The fourth-order valence-corrected chi connectivity index (χ4v) is 5.38. The van der Waals surface area contributed by atoms with Crippen LogP contribution in [-0.4, -0.2) is 45.2 Å². The summed E-state index contributed by atoms with van der Waals surface area (Å²) in [5.74, 6) is 1.31.